The number of fused-ring (bicyclic) bond motifs is 2. The van der Waals surface area contributed by atoms with Crippen molar-refractivity contribution in [2.24, 2.45) is 0 Å². The van der Waals surface area contributed by atoms with Crippen molar-refractivity contribution < 1.29 is 14.6 Å². The van der Waals surface area contributed by atoms with E-state index in [0.717, 1.165) is 43.4 Å². The lowest BCUT2D eigenvalue weighted by Gasteiger charge is -2.34. The first-order chi connectivity index (χ1) is 14.7. The van der Waals surface area contributed by atoms with E-state index in [-0.39, 0.29) is 0 Å². The molecule has 152 valence electrons. The number of methoxy groups -OCH3 is 2. The van der Waals surface area contributed by atoms with Gasteiger partial charge in [-0.15, -0.1) is 11.3 Å². The van der Waals surface area contributed by atoms with Gasteiger partial charge in [0.15, 0.2) is 0 Å². The molecule has 1 N–H and O–H groups in total. The van der Waals surface area contributed by atoms with E-state index in [1.165, 1.54) is 0 Å². The topological polar surface area (TPSA) is 67.7 Å². The molecule has 0 fully saturated rings. The zero-order chi connectivity index (χ0) is 20.7. The van der Waals surface area contributed by atoms with Crippen LogP contribution in [0.4, 0.5) is 5.82 Å². The molecule has 1 atom stereocenters. The number of aliphatic hydroxyl groups excluding tert-OH is 1. The Morgan fingerprint density at radius 3 is 2.57 bits per heavy atom. The highest BCUT2D eigenvalue weighted by atomic mass is 32.1. The molecule has 1 aliphatic rings. The lowest BCUT2D eigenvalue weighted by Crippen LogP contribution is -2.34. The van der Waals surface area contributed by atoms with Crippen LogP contribution < -0.4 is 14.4 Å². The maximum Gasteiger partial charge on any atom is 0.141 e. The van der Waals surface area contributed by atoms with Gasteiger partial charge in [0.2, 0.25) is 0 Å². The van der Waals surface area contributed by atoms with E-state index in [1.807, 2.05) is 30.3 Å². The molecule has 0 aliphatic carbocycles. The number of aliphatic hydroxyl groups is 1. The van der Waals surface area contributed by atoms with Crippen LogP contribution in [0.15, 0.2) is 54.9 Å². The summed E-state index contributed by atoms with van der Waals surface area (Å²) in [5, 5.41) is 11.9. The van der Waals surface area contributed by atoms with Gasteiger partial charge in [0, 0.05) is 22.5 Å². The molecule has 1 unspecified atom stereocenters. The summed E-state index contributed by atoms with van der Waals surface area (Å²) in [4.78, 5) is 13.2. The summed E-state index contributed by atoms with van der Waals surface area (Å²) in [6.07, 6.45) is 0.879. The Morgan fingerprint density at radius 1 is 1.03 bits per heavy atom. The maximum absolute atomic E-state index is 11.0. The second-order valence-electron chi connectivity index (χ2n) is 7.15. The van der Waals surface area contributed by atoms with Crippen molar-refractivity contribution in [2.75, 3.05) is 25.7 Å². The minimum atomic E-state index is -0.712. The van der Waals surface area contributed by atoms with Gasteiger partial charge in [-0.3, -0.25) is 0 Å². The molecule has 4 aromatic rings. The molecule has 5 rings (SSSR count). The molecular weight excluding hydrogens is 398 g/mol. The van der Waals surface area contributed by atoms with Crippen molar-refractivity contribution in [1.82, 2.24) is 9.97 Å². The van der Waals surface area contributed by atoms with Crippen LogP contribution >= 0.6 is 11.3 Å². The van der Waals surface area contributed by atoms with Gasteiger partial charge in [-0.25, -0.2) is 9.97 Å². The van der Waals surface area contributed by atoms with Crippen molar-refractivity contribution in [3.8, 4) is 21.9 Å². The van der Waals surface area contributed by atoms with Crippen molar-refractivity contribution in [2.45, 2.75) is 12.6 Å². The van der Waals surface area contributed by atoms with Crippen LogP contribution in [-0.2, 0) is 6.54 Å². The number of anilines is 1. The van der Waals surface area contributed by atoms with Gasteiger partial charge in [-0.1, -0.05) is 30.3 Å². The van der Waals surface area contributed by atoms with Crippen LogP contribution in [-0.4, -0.2) is 35.8 Å². The zero-order valence-electron chi connectivity index (χ0n) is 16.7. The number of aromatic nitrogens is 2. The third-order valence-electron chi connectivity index (χ3n) is 5.46. The first kappa shape index (κ1) is 18.8. The lowest BCUT2D eigenvalue weighted by atomic mass is 9.95. The Morgan fingerprint density at radius 2 is 1.80 bits per heavy atom. The maximum atomic E-state index is 11.0. The van der Waals surface area contributed by atoms with Crippen molar-refractivity contribution in [3.63, 3.8) is 0 Å². The Labute approximate surface area is 178 Å². The molecule has 1 aliphatic heterocycles. The molecule has 2 aromatic carbocycles. The van der Waals surface area contributed by atoms with E-state index >= 15 is 0 Å². The highest BCUT2D eigenvalue weighted by Gasteiger charge is 2.31. The Bertz CT molecular complexity index is 1210. The van der Waals surface area contributed by atoms with Gasteiger partial charge in [0.1, 0.15) is 34.6 Å². The summed E-state index contributed by atoms with van der Waals surface area (Å²) in [5.41, 5.74) is 2.86. The lowest BCUT2D eigenvalue weighted by molar-refractivity contribution is 0.169. The predicted octanol–water partition coefficient (Wildman–Crippen LogP) is 4.43. The molecule has 2 aromatic heterocycles. The molecule has 6 nitrogen and oxygen atoms in total. The molecule has 7 heteroatoms. The van der Waals surface area contributed by atoms with Crippen LogP contribution in [0.1, 0.15) is 17.2 Å². The summed E-state index contributed by atoms with van der Waals surface area (Å²) in [7, 11) is 3.26. The van der Waals surface area contributed by atoms with Gasteiger partial charge >= 0.3 is 0 Å². The standard InChI is InChI=1S/C23H21N3O3S/c1-28-18-8-9-19(29-2)21-16(18)11-26(12-17(21)27)22-15-10-20(14-6-4-3-5-7-14)30-23(15)25-13-24-22/h3-10,13,17,27H,11-12H2,1-2H3. The Hall–Kier alpha value is -3.16. The number of β-amino-alcohol motifs (C(OH)–C–C–N with tert-alkyl or cyclic N) is 1. The first-order valence-corrected chi connectivity index (χ1v) is 10.5. The van der Waals surface area contributed by atoms with E-state index in [0.29, 0.717) is 18.8 Å². The van der Waals surface area contributed by atoms with Crippen molar-refractivity contribution in [3.05, 3.63) is 66.0 Å². The molecule has 0 saturated heterocycles. The van der Waals surface area contributed by atoms with Gasteiger partial charge in [-0.2, -0.15) is 0 Å². The van der Waals surface area contributed by atoms with Gasteiger partial charge in [0.05, 0.1) is 26.2 Å². The fourth-order valence-corrected chi connectivity index (χ4v) is 5.08. The fourth-order valence-electron chi connectivity index (χ4n) is 4.08. The van der Waals surface area contributed by atoms with Crippen LogP contribution in [0.3, 0.4) is 0 Å². The Kier molecular flexibility index (Phi) is 4.77. The number of thiophene rings is 1. The third kappa shape index (κ3) is 3.07. The summed E-state index contributed by atoms with van der Waals surface area (Å²) >= 11 is 1.64. The van der Waals surface area contributed by atoms with Gasteiger partial charge in [0.25, 0.3) is 0 Å². The number of rotatable bonds is 4. The van der Waals surface area contributed by atoms with Crippen molar-refractivity contribution >= 4 is 27.4 Å². The monoisotopic (exact) mass is 419 g/mol. The van der Waals surface area contributed by atoms with Gasteiger partial charge < -0.3 is 19.5 Å². The highest BCUT2D eigenvalue weighted by molar-refractivity contribution is 7.21. The minimum absolute atomic E-state index is 0.416. The van der Waals surface area contributed by atoms with Gasteiger partial charge in [-0.05, 0) is 23.8 Å². The third-order valence-corrected chi connectivity index (χ3v) is 6.55. The molecule has 0 spiro atoms. The quantitative estimate of drug-likeness (QED) is 0.528. The molecule has 0 radical (unpaired) electrons. The molecule has 30 heavy (non-hydrogen) atoms. The van der Waals surface area contributed by atoms with Crippen molar-refractivity contribution in [1.29, 1.82) is 0 Å². The van der Waals surface area contributed by atoms with Crippen LogP contribution in [0.5, 0.6) is 11.5 Å². The SMILES string of the molecule is COc1ccc(OC)c2c1CN(c1ncnc3sc(-c4ccccc4)cc13)CC2O. The van der Waals surface area contributed by atoms with Crippen LogP contribution in [0, 0.1) is 0 Å². The zero-order valence-corrected chi connectivity index (χ0v) is 17.5. The van der Waals surface area contributed by atoms with Crippen LogP contribution in [0.25, 0.3) is 20.7 Å². The van der Waals surface area contributed by atoms with E-state index in [2.05, 4.69) is 33.1 Å². The highest BCUT2D eigenvalue weighted by Crippen LogP contribution is 2.42. The molecule has 0 amide bonds. The largest absolute Gasteiger partial charge is 0.496 e. The van der Waals surface area contributed by atoms with E-state index < -0.39 is 6.10 Å². The number of benzene rings is 2. The fraction of sp³-hybridized carbons (Fsp3) is 0.217. The smallest absolute Gasteiger partial charge is 0.141 e. The summed E-state index contributed by atoms with van der Waals surface area (Å²) < 4.78 is 11.1. The molecule has 3 heterocycles. The number of hydrogen-bond acceptors (Lipinski definition) is 7. The Balaban J connectivity index is 1.60. The molecule has 0 bridgehead atoms. The van der Waals surface area contributed by atoms with E-state index in [9.17, 15) is 5.11 Å². The number of nitrogens with zero attached hydrogens (tertiary/aromatic N) is 3. The number of ether oxygens (including phenoxy) is 2. The molecular formula is C23H21N3O3S. The second kappa shape index (κ2) is 7.59. The number of hydrogen-bond donors (Lipinski definition) is 1. The summed E-state index contributed by atoms with van der Waals surface area (Å²) in [5.74, 6) is 2.22. The first-order valence-electron chi connectivity index (χ1n) is 9.66. The normalized spacial score (nSPS) is 15.8. The van der Waals surface area contributed by atoms with E-state index in [1.54, 1.807) is 31.9 Å². The summed E-state index contributed by atoms with van der Waals surface area (Å²) in [6.45, 7) is 0.981. The average Bonchev–Trinajstić information content (AvgIpc) is 3.23. The summed E-state index contributed by atoms with van der Waals surface area (Å²) in [6, 6.07) is 16.1. The molecule has 0 saturated carbocycles. The second-order valence-corrected chi connectivity index (χ2v) is 8.18. The van der Waals surface area contributed by atoms with Crippen LogP contribution in [0.2, 0.25) is 0 Å². The average molecular weight is 420 g/mol. The van der Waals surface area contributed by atoms with E-state index in [4.69, 9.17) is 9.47 Å². The minimum Gasteiger partial charge on any atom is -0.496 e. The predicted molar refractivity (Wildman–Crippen MR) is 118 cm³/mol.